The molecule has 0 radical (unpaired) electrons. The number of nitriles is 1. The molecule has 1 aromatic carbocycles. The smallest absolute Gasteiger partial charge is 0.263 e. The zero-order valence-corrected chi connectivity index (χ0v) is 14.3. The molecule has 6 nitrogen and oxygen atoms in total. The van der Waals surface area contributed by atoms with Crippen molar-refractivity contribution in [2.24, 2.45) is 0 Å². The van der Waals surface area contributed by atoms with E-state index >= 15 is 0 Å². The molecule has 128 valence electrons. The first-order chi connectivity index (χ1) is 11.4. The second-order valence-corrected chi connectivity index (χ2v) is 7.96. The summed E-state index contributed by atoms with van der Waals surface area (Å²) in [6.07, 6.45) is 1.25. The molecule has 1 aromatic rings. The van der Waals surface area contributed by atoms with Gasteiger partial charge in [0, 0.05) is 12.6 Å². The fourth-order valence-electron chi connectivity index (χ4n) is 2.68. The normalized spacial score (nSPS) is 19.9. The van der Waals surface area contributed by atoms with E-state index in [9.17, 15) is 13.2 Å². The highest BCUT2D eigenvalue weighted by Crippen LogP contribution is 2.20. The number of nitrogens with zero attached hydrogens (tertiary/aromatic N) is 2. The monoisotopic (exact) mass is 348 g/mol. The number of sulfone groups is 1. The van der Waals surface area contributed by atoms with Gasteiger partial charge in [0.1, 0.15) is 5.75 Å². The van der Waals surface area contributed by atoms with Crippen molar-refractivity contribution in [2.45, 2.75) is 25.5 Å². The molecule has 2 rings (SSSR count). The van der Waals surface area contributed by atoms with Crippen LogP contribution in [0, 0.1) is 11.3 Å². The molecule has 1 fully saturated rings. The zero-order valence-electron chi connectivity index (χ0n) is 13.5. The van der Waals surface area contributed by atoms with Crippen molar-refractivity contribution in [3.05, 3.63) is 42.5 Å². The number of benzene rings is 1. The molecule has 0 unspecified atom stereocenters. The molecule has 2 atom stereocenters. The van der Waals surface area contributed by atoms with Crippen molar-refractivity contribution in [2.75, 3.05) is 18.1 Å². The first-order valence-electron chi connectivity index (χ1n) is 7.65. The molecule has 0 N–H and O–H groups in total. The van der Waals surface area contributed by atoms with Gasteiger partial charge in [0.15, 0.2) is 15.9 Å². The Labute approximate surface area is 142 Å². The topological polar surface area (TPSA) is 87.5 Å². The van der Waals surface area contributed by atoms with Crippen LogP contribution < -0.4 is 4.74 Å². The molecule has 0 bridgehead atoms. The SMILES string of the molecule is C=CCN(C(=O)[C@H](C)Oc1ccc(C#N)cc1)[C@@H]1CCS(=O)(=O)C1. The number of ether oxygens (including phenoxy) is 1. The number of carbonyl (C=O) groups excluding carboxylic acids is 1. The van der Waals surface area contributed by atoms with Crippen LogP contribution in [0.25, 0.3) is 0 Å². The molecule has 1 aliphatic heterocycles. The van der Waals surface area contributed by atoms with Crippen LogP contribution in [0.2, 0.25) is 0 Å². The minimum Gasteiger partial charge on any atom is -0.481 e. The maximum Gasteiger partial charge on any atom is 0.263 e. The zero-order chi connectivity index (χ0) is 17.7. The Morgan fingerprint density at radius 1 is 1.50 bits per heavy atom. The third kappa shape index (κ3) is 4.36. The van der Waals surface area contributed by atoms with Gasteiger partial charge in [-0.15, -0.1) is 6.58 Å². The van der Waals surface area contributed by atoms with Gasteiger partial charge in [0.05, 0.1) is 23.1 Å². The summed E-state index contributed by atoms with van der Waals surface area (Å²) in [5.74, 6) is 0.286. The molecule has 0 aromatic heterocycles. The van der Waals surface area contributed by atoms with Gasteiger partial charge >= 0.3 is 0 Å². The average molecular weight is 348 g/mol. The van der Waals surface area contributed by atoms with Crippen molar-refractivity contribution in [3.63, 3.8) is 0 Å². The maximum absolute atomic E-state index is 12.7. The van der Waals surface area contributed by atoms with E-state index in [0.717, 1.165) is 0 Å². The van der Waals surface area contributed by atoms with E-state index in [2.05, 4.69) is 6.58 Å². The van der Waals surface area contributed by atoms with Crippen LogP contribution in [0.15, 0.2) is 36.9 Å². The number of rotatable bonds is 6. The fraction of sp³-hybridized carbons (Fsp3) is 0.412. The lowest BCUT2D eigenvalue weighted by molar-refractivity contribution is -0.139. The van der Waals surface area contributed by atoms with Crippen molar-refractivity contribution in [1.82, 2.24) is 4.90 Å². The molecule has 7 heteroatoms. The first-order valence-corrected chi connectivity index (χ1v) is 9.47. The lowest BCUT2D eigenvalue weighted by atomic mass is 10.2. The van der Waals surface area contributed by atoms with E-state index in [-0.39, 0.29) is 30.0 Å². The summed E-state index contributed by atoms with van der Waals surface area (Å²) >= 11 is 0. The van der Waals surface area contributed by atoms with Gasteiger partial charge in [-0.25, -0.2) is 8.42 Å². The molecule has 0 aliphatic carbocycles. The van der Waals surface area contributed by atoms with Crippen LogP contribution in [0.3, 0.4) is 0 Å². The molecule has 0 saturated carbocycles. The summed E-state index contributed by atoms with van der Waals surface area (Å²) in [7, 11) is -3.08. The highest BCUT2D eigenvalue weighted by Gasteiger charge is 2.36. The molecule has 0 spiro atoms. The van der Waals surface area contributed by atoms with Crippen LogP contribution in [0.1, 0.15) is 18.9 Å². The number of amides is 1. The van der Waals surface area contributed by atoms with Gasteiger partial charge in [-0.05, 0) is 37.6 Å². The summed E-state index contributed by atoms with van der Waals surface area (Å²) < 4.78 is 29.0. The Hall–Kier alpha value is -2.33. The average Bonchev–Trinajstić information content (AvgIpc) is 2.92. The van der Waals surface area contributed by atoms with Crippen molar-refractivity contribution in [1.29, 1.82) is 5.26 Å². The molecular weight excluding hydrogens is 328 g/mol. The minimum atomic E-state index is -3.08. The molecule has 24 heavy (non-hydrogen) atoms. The highest BCUT2D eigenvalue weighted by molar-refractivity contribution is 7.91. The van der Waals surface area contributed by atoms with Gasteiger partial charge in [0.2, 0.25) is 0 Å². The molecule has 1 saturated heterocycles. The largest absolute Gasteiger partial charge is 0.481 e. The van der Waals surface area contributed by atoms with Crippen LogP contribution in [0.5, 0.6) is 5.75 Å². The summed E-state index contributed by atoms with van der Waals surface area (Å²) in [6.45, 7) is 5.54. The Morgan fingerprint density at radius 3 is 2.67 bits per heavy atom. The maximum atomic E-state index is 12.7. The van der Waals surface area contributed by atoms with Gasteiger partial charge in [-0.3, -0.25) is 4.79 Å². The molecule has 1 heterocycles. The first kappa shape index (κ1) is 18.0. The Morgan fingerprint density at radius 2 is 2.17 bits per heavy atom. The van der Waals surface area contributed by atoms with E-state index in [1.165, 1.54) is 4.90 Å². The van der Waals surface area contributed by atoms with Crippen molar-refractivity contribution < 1.29 is 17.9 Å². The van der Waals surface area contributed by atoms with E-state index in [0.29, 0.717) is 17.7 Å². The molecule has 1 amide bonds. The Balaban J connectivity index is 2.07. The van der Waals surface area contributed by atoms with Gasteiger partial charge < -0.3 is 9.64 Å². The van der Waals surface area contributed by atoms with Crippen molar-refractivity contribution in [3.8, 4) is 11.8 Å². The van der Waals surface area contributed by atoms with Crippen LogP contribution >= 0.6 is 0 Å². The third-order valence-corrected chi connectivity index (χ3v) is 5.65. The van der Waals surface area contributed by atoms with Gasteiger partial charge in [0.25, 0.3) is 5.91 Å². The number of hydrogen-bond donors (Lipinski definition) is 0. The number of hydrogen-bond acceptors (Lipinski definition) is 5. The third-order valence-electron chi connectivity index (χ3n) is 3.90. The lowest BCUT2D eigenvalue weighted by Gasteiger charge is -2.29. The van der Waals surface area contributed by atoms with Gasteiger partial charge in [-0.1, -0.05) is 6.08 Å². The van der Waals surface area contributed by atoms with Crippen LogP contribution in [-0.4, -0.2) is 49.4 Å². The second kappa shape index (κ2) is 7.49. The van der Waals surface area contributed by atoms with Crippen molar-refractivity contribution >= 4 is 15.7 Å². The predicted octanol–water partition coefficient (Wildman–Crippen LogP) is 1.53. The second-order valence-electron chi connectivity index (χ2n) is 5.73. The quantitative estimate of drug-likeness (QED) is 0.728. The summed E-state index contributed by atoms with van der Waals surface area (Å²) in [5, 5.41) is 8.78. The van der Waals surface area contributed by atoms with Gasteiger partial charge in [-0.2, -0.15) is 5.26 Å². The van der Waals surface area contributed by atoms with E-state index in [1.807, 2.05) is 6.07 Å². The summed E-state index contributed by atoms with van der Waals surface area (Å²) in [6, 6.07) is 8.14. The highest BCUT2D eigenvalue weighted by atomic mass is 32.2. The Kier molecular flexibility index (Phi) is 5.62. The Bertz CT molecular complexity index is 750. The molecule has 1 aliphatic rings. The van der Waals surface area contributed by atoms with E-state index in [4.69, 9.17) is 10.00 Å². The van der Waals surface area contributed by atoms with E-state index < -0.39 is 15.9 Å². The minimum absolute atomic E-state index is 0.0177. The lowest BCUT2D eigenvalue weighted by Crippen LogP contribution is -2.47. The van der Waals surface area contributed by atoms with Crippen LogP contribution in [-0.2, 0) is 14.6 Å². The molecular formula is C17H20N2O4S. The summed E-state index contributed by atoms with van der Waals surface area (Å²) in [4.78, 5) is 14.2. The van der Waals surface area contributed by atoms with E-state index in [1.54, 1.807) is 37.3 Å². The number of carbonyl (C=O) groups is 1. The summed E-state index contributed by atoms with van der Waals surface area (Å²) in [5.41, 5.74) is 0.505. The fourth-order valence-corrected chi connectivity index (χ4v) is 4.41. The van der Waals surface area contributed by atoms with Crippen LogP contribution in [0.4, 0.5) is 0 Å². The standard InChI is InChI=1S/C17H20N2O4S/c1-3-9-19(15-8-10-24(21,22)12-15)17(20)13(2)23-16-6-4-14(11-18)5-7-16/h3-7,13,15H,1,8-10,12H2,2H3/t13-,15+/m0/s1. The predicted molar refractivity (Wildman–Crippen MR) is 90.2 cm³/mol.